The average molecular weight is 901 g/mol. The zero-order valence-corrected chi connectivity index (χ0v) is 37.6. The van der Waals surface area contributed by atoms with Gasteiger partial charge in [0.2, 0.25) is 11.8 Å². The first-order valence-corrected chi connectivity index (χ1v) is 23.4. The third kappa shape index (κ3) is 8.48. The maximum absolute atomic E-state index is 16.7. The molecule has 3 N–H and O–H groups in total. The molecule has 9 rings (SSSR count). The number of cyclic esters (lactones) is 1. The largest absolute Gasteiger partial charge is 0.491 e. The van der Waals surface area contributed by atoms with E-state index in [0.29, 0.717) is 35.5 Å². The van der Waals surface area contributed by atoms with E-state index in [-0.39, 0.29) is 37.8 Å². The minimum atomic E-state index is -1.95. The molecule has 0 radical (unpaired) electrons. The number of aliphatic hydroxyl groups is 2. The van der Waals surface area contributed by atoms with Gasteiger partial charge in [0, 0.05) is 25.1 Å². The third-order valence-corrected chi connectivity index (χ3v) is 13.7. The predicted octanol–water partition coefficient (Wildman–Crippen LogP) is 7.72. The fourth-order valence-electron chi connectivity index (χ4n) is 10.9. The standard InChI is InChI=1S/C55H56N4O8/c1-37(39-20-8-5-9-21-39)56-54(65)58-45-29-28-38(19-14-17-32-60)35-44(45)55(53(58)64)46(51(62)57-30-15-3-2-4-16-31-57)48-52(63)67-49(41-24-12-7-13-25-41)47(40-22-10-6-11-23-40)59(48)50(55)42-26-18-27-43(36-42)66-34-33-61/h5-13,18,20-29,35-37,46-50,60-61H,2-4,15-17,30-34H2,1H3,(H,56,65)/t37-,46-,47-,48-,49+,50+,55-/m1/s1. The third-order valence-electron chi connectivity index (χ3n) is 13.7. The van der Waals surface area contributed by atoms with Gasteiger partial charge in [-0.05, 0) is 77.9 Å². The van der Waals surface area contributed by atoms with E-state index in [1.165, 1.54) is 0 Å². The molecule has 7 atom stereocenters. The number of hydrogen-bond acceptors (Lipinski definition) is 9. The molecule has 4 aliphatic rings. The molecule has 1 spiro atoms. The summed E-state index contributed by atoms with van der Waals surface area (Å²) in [5, 5.41) is 22.6. The number of hydrogen-bond donors (Lipinski definition) is 3. The van der Waals surface area contributed by atoms with Gasteiger partial charge in [-0.2, -0.15) is 0 Å². The second-order valence-electron chi connectivity index (χ2n) is 17.7. The van der Waals surface area contributed by atoms with E-state index in [9.17, 15) is 10.2 Å². The minimum absolute atomic E-state index is 0.00189. The van der Waals surface area contributed by atoms with Gasteiger partial charge in [0.15, 0.2) is 0 Å². The summed E-state index contributed by atoms with van der Waals surface area (Å²) in [6, 6.07) is 36.7. The Kier molecular flexibility index (Phi) is 13.5. The van der Waals surface area contributed by atoms with Crippen LogP contribution in [0.1, 0.15) is 103 Å². The number of imide groups is 1. The van der Waals surface area contributed by atoms with Crippen LogP contribution in [0.3, 0.4) is 0 Å². The predicted molar refractivity (Wildman–Crippen MR) is 253 cm³/mol. The van der Waals surface area contributed by atoms with Crippen LogP contribution in [0.25, 0.3) is 0 Å². The minimum Gasteiger partial charge on any atom is -0.491 e. The molecule has 0 saturated carbocycles. The van der Waals surface area contributed by atoms with Crippen molar-refractivity contribution in [2.75, 3.05) is 37.8 Å². The smallest absolute Gasteiger partial charge is 0.329 e. The molecule has 344 valence electrons. The van der Waals surface area contributed by atoms with E-state index in [4.69, 9.17) is 9.47 Å². The molecule has 5 aromatic rings. The molecule has 0 bridgehead atoms. The van der Waals surface area contributed by atoms with Crippen molar-refractivity contribution in [2.45, 2.75) is 81.1 Å². The summed E-state index contributed by atoms with van der Waals surface area (Å²) >= 11 is 0. The molecular formula is C55H56N4O8. The summed E-state index contributed by atoms with van der Waals surface area (Å²) < 4.78 is 12.7. The molecule has 0 aromatic heterocycles. The van der Waals surface area contributed by atoms with Crippen LogP contribution in [0, 0.1) is 17.8 Å². The van der Waals surface area contributed by atoms with Crippen LogP contribution in [-0.2, 0) is 24.5 Å². The van der Waals surface area contributed by atoms with Crippen LogP contribution in [-0.4, -0.2) is 82.8 Å². The van der Waals surface area contributed by atoms with Gasteiger partial charge in [0.25, 0.3) is 0 Å². The first-order chi connectivity index (χ1) is 32.8. The lowest BCUT2D eigenvalue weighted by molar-refractivity contribution is -0.179. The number of rotatable bonds is 10. The average Bonchev–Trinajstić information content (AvgIpc) is 3.80. The van der Waals surface area contributed by atoms with Gasteiger partial charge in [-0.15, -0.1) is 0 Å². The Morgan fingerprint density at radius 2 is 1.43 bits per heavy atom. The van der Waals surface area contributed by atoms with Crippen molar-refractivity contribution in [2.24, 2.45) is 5.92 Å². The number of nitrogens with one attached hydrogen (secondary N) is 1. The zero-order valence-electron chi connectivity index (χ0n) is 37.6. The Morgan fingerprint density at radius 3 is 2.12 bits per heavy atom. The number of carbonyl (C=O) groups excluding carboxylic acids is 4. The summed E-state index contributed by atoms with van der Waals surface area (Å²) in [7, 11) is 0. The van der Waals surface area contributed by atoms with Crippen molar-refractivity contribution < 1.29 is 38.9 Å². The van der Waals surface area contributed by atoms with Gasteiger partial charge >= 0.3 is 12.0 Å². The second-order valence-corrected chi connectivity index (χ2v) is 17.7. The number of carbonyl (C=O) groups is 4. The van der Waals surface area contributed by atoms with Gasteiger partial charge in [0.1, 0.15) is 29.9 Å². The van der Waals surface area contributed by atoms with Crippen LogP contribution >= 0.6 is 0 Å². The number of urea groups is 1. The lowest BCUT2D eigenvalue weighted by atomic mass is 9.64. The number of morpholine rings is 1. The van der Waals surface area contributed by atoms with Gasteiger partial charge in [0.05, 0.1) is 42.9 Å². The number of benzene rings is 5. The highest BCUT2D eigenvalue weighted by Crippen LogP contribution is 2.66. The monoisotopic (exact) mass is 900 g/mol. The summed E-state index contributed by atoms with van der Waals surface area (Å²) in [4.78, 5) is 68.5. The van der Waals surface area contributed by atoms with Crippen molar-refractivity contribution in [3.8, 4) is 17.6 Å². The number of aliphatic hydroxyl groups excluding tert-OH is 2. The highest BCUT2D eigenvalue weighted by Gasteiger charge is 2.76. The Balaban J connectivity index is 1.35. The first kappa shape index (κ1) is 45.4. The fourth-order valence-corrected chi connectivity index (χ4v) is 10.9. The highest BCUT2D eigenvalue weighted by atomic mass is 16.6. The molecule has 12 heteroatoms. The number of anilines is 1. The summed E-state index contributed by atoms with van der Waals surface area (Å²) in [5.74, 6) is 3.49. The Hall–Kier alpha value is -6.78. The Bertz CT molecular complexity index is 2640. The Morgan fingerprint density at radius 1 is 0.776 bits per heavy atom. The molecule has 12 nitrogen and oxygen atoms in total. The van der Waals surface area contributed by atoms with Crippen LogP contribution in [0.4, 0.5) is 10.5 Å². The molecule has 67 heavy (non-hydrogen) atoms. The number of likely N-dealkylation sites (tertiary alicyclic amines) is 1. The maximum Gasteiger partial charge on any atom is 0.329 e. The molecule has 4 amide bonds. The van der Waals surface area contributed by atoms with E-state index >= 15 is 19.2 Å². The summed E-state index contributed by atoms with van der Waals surface area (Å²) in [6.45, 7) is 2.32. The summed E-state index contributed by atoms with van der Waals surface area (Å²) in [6.07, 6.45) is 3.73. The number of amides is 4. The molecule has 4 aliphatic heterocycles. The topological polar surface area (TPSA) is 149 Å². The lowest BCUT2D eigenvalue weighted by Gasteiger charge is -2.46. The van der Waals surface area contributed by atoms with Gasteiger partial charge in [-0.25, -0.2) is 9.69 Å². The fraction of sp³-hybridized carbons (Fsp3) is 0.345. The van der Waals surface area contributed by atoms with Crippen molar-refractivity contribution >= 4 is 29.5 Å². The molecule has 3 fully saturated rings. The number of ether oxygens (including phenoxy) is 2. The molecule has 4 heterocycles. The quantitative estimate of drug-likeness (QED) is 0.0947. The zero-order chi connectivity index (χ0) is 46.5. The van der Waals surface area contributed by atoms with Crippen LogP contribution in [0.15, 0.2) is 133 Å². The van der Waals surface area contributed by atoms with Gasteiger partial charge in [-0.1, -0.05) is 134 Å². The van der Waals surface area contributed by atoms with E-state index in [1.54, 1.807) is 36.4 Å². The number of nitrogens with zero attached hydrogens (tertiary/aromatic N) is 3. The van der Waals surface area contributed by atoms with Crippen molar-refractivity contribution in [1.29, 1.82) is 0 Å². The van der Waals surface area contributed by atoms with E-state index in [0.717, 1.165) is 53.7 Å². The summed E-state index contributed by atoms with van der Waals surface area (Å²) in [5.41, 5.74) is 2.10. The molecular weight excluding hydrogens is 845 g/mol. The second kappa shape index (κ2) is 20.0. The number of esters is 1. The first-order valence-electron chi connectivity index (χ1n) is 23.4. The molecule has 0 aliphatic carbocycles. The van der Waals surface area contributed by atoms with Crippen molar-refractivity contribution in [1.82, 2.24) is 15.1 Å². The van der Waals surface area contributed by atoms with Crippen molar-refractivity contribution in [3.05, 3.63) is 167 Å². The Labute approximate surface area is 391 Å². The van der Waals surface area contributed by atoms with Gasteiger partial charge in [-0.3, -0.25) is 19.3 Å². The molecule has 0 unspecified atom stereocenters. The molecule has 3 saturated heterocycles. The normalized spacial score (nSPS) is 24.1. The number of fused-ring (bicyclic) bond motifs is 3. The van der Waals surface area contributed by atoms with Crippen LogP contribution in [0.2, 0.25) is 0 Å². The van der Waals surface area contributed by atoms with E-state index in [1.807, 2.05) is 114 Å². The lowest BCUT2D eigenvalue weighted by Crippen LogP contribution is -2.57. The maximum atomic E-state index is 16.7. The van der Waals surface area contributed by atoms with E-state index < -0.39 is 59.5 Å². The van der Waals surface area contributed by atoms with Crippen molar-refractivity contribution in [3.63, 3.8) is 0 Å². The van der Waals surface area contributed by atoms with Crippen LogP contribution < -0.4 is 15.0 Å². The highest BCUT2D eigenvalue weighted by molar-refractivity contribution is 6.24. The SMILES string of the molecule is C[C@@H](NC(=O)N1C(=O)[C@@]2(c3cc(C#CCCO)ccc31)[C@H](c1cccc(OCCO)c1)N1[C@H](c3ccccc3)[C@H](c3ccccc3)OC(=O)[C@H]1[C@@H]2C(=O)N1CCCCCCC1)c1ccccc1. The van der Waals surface area contributed by atoms with Crippen LogP contribution in [0.5, 0.6) is 5.75 Å². The van der Waals surface area contributed by atoms with E-state index in [2.05, 4.69) is 17.2 Å². The van der Waals surface area contributed by atoms with Gasteiger partial charge < -0.3 is 29.9 Å². The molecule has 5 aromatic carbocycles.